The van der Waals surface area contributed by atoms with Gasteiger partial charge in [-0.1, -0.05) is 0 Å². The van der Waals surface area contributed by atoms with Gasteiger partial charge in [0.2, 0.25) is 0 Å². The van der Waals surface area contributed by atoms with Crippen LogP contribution < -0.4 is 15.2 Å². The molecule has 0 amide bonds. The first-order chi connectivity index (χ1) is 14.0. The monoisotopic (exact) mass is 392 g/mol. The highest BCUT2D eigenvalue weighted by Crippen LogP contribution is 2.25. The van der Waals surface area contributed by atoms with Crippen molar-refractivity contribution in [3.63, 3.8) is 0 Å². The summed E-state index contributed by atoms with van der Waals surface area (Å²) < 4.78 is 16.0. The van der Waals surface area contributed by atoms with Crippen molar-refractivity contribution in [3.8, 4) is 22.6 Å². The molecule has 0 fully saturated rings. The highest BCUT2D eigenvalue weighted by molar-refractivity contribution is 5.91. The quantitative estimate of drug-likeness (QED) is 0.614. The zero-order valence-electron chi connectivity index (χ0n) is 16.8. The second kappa shape index (κ2) is 9.21. The second-order valence-electron chi connectivity index (χ2n) is 6.61. The number of aromatic nitrogens is 1. The number of nitrogens with zero attached hydrogens (tertiary/aromatic N) is 1. The summed E-state index contributed by atoms with van der Waals surface area (Å²) >= 11 is 0. The molecule has 150 valence electrons. The van der Waals surface area contributed by atoms with Crippen molar-refractivity contribution < 1.29 is 19.0 Å². The van der Waals surface area contributed by atoms with E-state index in [4.69, 9.17) is 19.9 Å². The average molecular weight is 392 g/mol. The van der Waals surface area contributed by atoms with Crippen LogP contribution in [0.15, 0.2) is 54.7 Å². The molecule has 0 radical (unpaired) electrons. The molecule has 3 rings (SSSR count). The predicted molar refractivity (Wildman–Crippen MR) is 111 cm³/mol. The molecule has 0 aliphatic rings. The van der Waals surface area contributed by atoms with Crippen molar-refractivity contribution in [1.29, 1.82) is 0 Å². The molecule has 0 saturated carbocycles. The number of hydrogen-bond acceptors (Lipinski definition) is 6. The topological polar surface area (TPSA) is 83.7 Å². The molecule has 1 aromatic heterocycles. The van der Waals surface area contributed by atoms with Crippen LogP contribution in [0.2, 0.25) is 0 Å². The van der Waals surface area contributed by atoms with E-state index in [1.165, 1.54) is 0 Å². The normalized spacial score (nSPS) is 10.5. The van der Waals surface area contributed by atoms with Crippen LogP contribution in [0.25, 0.3) is 11.1 Å². The summed E-state index contributed by atoms with van der Waals surface area (Å²) in [6.07, 6.45) is 1.74. The molecule has 0 unspecified atom stereocenters. The van der Waals surface area contributed by atoms with Gasteiger partial charge in [0, 0.05) is 24.5 Å². The van der Waals surface area contributed by atoms with Crippen LogP contribution in [0.3, 0.4) is 0 Å². The molecular weight excluding hydrogens is 368 g/mol. The Morgan fingerprint density at radius 1 is 0.931 bits per heavy atom. The van der Waals surface area contributed by atoms with Crippen LogP contribution in [-0.4, -0.2) is 25.2 Å². The van der Waals surface area contributed by atoms with Crippen molar-refractivity contribution >= 4 is 5.97 Å². The first kappa shape index (κ1) is 20.4. The van der Waals surface area contributed by atoms with Gasteiger partial charge >= 0.3 is 5.97 Å². The van der Waals surface area contributed by atoms with Gasteiger partial charge in [-0.15, -0.1) is 0 Å². The highest BCUT2D eigenvalue weighted by Gasteiger charge is 2.12. The largest absolute Gasteiger partial charge is 0.497 e. The number of ether oxygens (including phenoxy) is 3. The summed E-state index contributed by atoms with van der Waals surface area (Å²) in [6, 6.07) is 14.8. The fourth-order valence-corrected chi connectivity index (χ4v) is 3.00. The Bertz CT molecular complexity index is 995. The Morgan fingerprint density at radius 2 is 1.66 bits per heavy atom. The Kier molecular flexibility index (Phi) is 6.46. The van der Waals surface area contributed by atoms with Crippen LogP contribution >= 0.6 is 0 Å². The Hall–Kier alpha value is -3.38. The molecule has 2 aromatic carbocycles. The zero-order chi connectivity index (χ0) is 20.8. The van der Waals surface area contributed by atoms with E-state index >= 15 is 0 Å². The van der Waals surface area contributed by atoms with Gasteiger partial charge in [-0.3, -0.25) is 4.98 Å². The standard InChI is InChI=1S/C23H24N2O4/c1-15-6-18(4-5-25-15)19-7-16(13-24)8-20(11-19)23(26)29-14-17-9-21(27-2)12-22(10-17)28-3/h4-12H,13-14,24H2,1-3H3. The maximum atomic E-state index is 12.7. The number of carbonyl (C=O) groups is 1. The lowest BCUT2D eigenvalue weighted by Crippen LogP contribution is -2.08. The van der Waals surface area contributed by atoms with E-state index < -0.39 is 5.97 Å². The summed E-state index contributed by atoms with van der Waals surface area (Å²) in [5.74, 6) is 0.848. The average Bonchev–Trinajstić information content (AvgIpc) is 2.76. The smallest absolute Gasteiger partial charge is 0.338 e. The summed E-state index contributed by atoms with van der Waals surface area (Å²) in [4.78, 5) is 16.9. The van der Waals surface area contributed by atoms with Gasteiger partial charge in [-0.25, -0.2) is 4.79 Å². The van der Waals surface area contributed by atoms with Crippen molar-refractivity contribution in [1.82, 2.24) is 4.98 Å². The van der Waals surface area contributed by atoms with Crippen LogP contribution in [0, 0.1) is 6.92 Å². The lowest BCUT2D eigenvalue weighted by Gasteiger charge is -2.11. The summed E-state index contributed by atoms with van der Waals surface area (Å²) in [5.41, 5.74) is 10.7. The van der Waals surface area contributed by atoms with Gasteiger partial charge in [-0.05, 0) is 71.6 Å². The van der Waals surface area contributed by atoms with E-state index in [9.17, 15) is 4.79 Å². The number of pyridine rings is 1. The van der Waals surface area contributed by atoms with E-state index in [1.54, 1.807) is 44.7 Å². The van der Waals surface area contributed by atoms with Gasteiger partial charge in [-0.2, -0.15) is 0 Å². The number of methoxy groups -OCH3 is 2. The third-order valence-corrected chi connectivity index (χ3v) is 4.48. The third-order valence-electron chi connectivity index (χ3n) is 4.48. The number of rotatable bonds is 7. The van der Waals surface area contributed by atoms with E-state index in [-0.39, 0.29) is 6.61 Å². The lowest BCUT2D eigenvalue weighted by molar-refractivity contribution is 0.0472. The van der Waals surface area contributed by atoms with E-state index in [2.05, 4.69) is 4.98 Å². The lowest BCUT2D eigenvalue weighted by atomic mass is 10.00. The van der Waals surface area contributed by atoms with E-state index in [0.29, 0.717) is 23.6 Å². The molecule has 0 bridgehead atoms. The van der Waals surface area contributed by atoms with Crippen molar-refractivity contribution in [2.75, 3.05) is 14.2 Å². The van der Waals surface area contributed by atoms with Gasteiger partial charge in [0.05, 0.1) is 19.8 Å². The molecule has 6 heteroatoms. The number of benzene rings is 2. The number of aryl methyl sites for hydroxylation is 1. The predicted octanol–water partition coefficient (Wildman–Crippen LogP) is 3.89. The molecule has 2 N–H and O–H groups in total. The minimum atomic E-state index is -0.422. The minimum Gasteiger partial charge on any atom is -0.497 e. The van der Waals surface area contributed by atoms with Crippen LogP contribution in [0.4, 0.5) is 0 Å². The molecule has 0 aliphatic carbocycles. The zero-order valence-corrected chi connectivity index (χ0v) is 16.8. The maximum Gasteiger partial charge on any atom is 0.338 e. The van der Waals surface area contributed by atoms with E-state index in [0.717, 1.165) is 27.9 Å². The van der Waals surface area contributed by atoms with Crippen molar-refractivity contribution in [2.45, 2.75) is 20.1 Å². The second-order valence-corrected chi connectivity index (χ2v) is 6.61. The van der Waals surface area contributed by atoms with Crippen molar-refractivity contribution in [3.05, 3.63) is 77.1 Å². The Morgan fingerprint density at radius 3 is 2.28 bits per heavy atom. The highest BCUT2D eigenvalue weighted by atomic mass is 16.5. The molecule has 0 spiro atoms. The Balaban J connectivity index is 1.83. The molecule has 3 aromatic rings. The summed E-state index contributed by atoms with van der Waals surface area (Å²) in [6.45, 7) is 2.35. The van der Waals surface area contributed by atoms with Crippen LogP contribution in [0.5, 0.6) is 11.5 Å². The Labute approximate surface area is 170 Å². The maximum absolute atomic E-state index is 12.7. The van der Waals surface area contributed by atoms with Gasteiger partial charge < -0.3 is 19.9 Å². The first-order valence-corrected chi connectivity index (χ1v) is 9.18. The van der Waals surface area contributed by atoms with Crippen LogP contribution in [-0.2, 0) is 17.9 Å². The molecule has 0 aliphatic heterocycles. The van der Waals surface area contributed by atoms with E-state index in [1.807, 2.05) is 31.2 Å². The number of hydrogen-bond donors (Lipinski definition) is 1. The van der Waals surface area contributed by atoms with Gasteiger partial charge in [0.1, 0.15) is 18.1 Å². The number of carbonyl (C=O) groups excluding carboxylic acids is 1. The molecular formula is C23H24N2O4. The SMILES string of the molecule is COc1cc(COC(=O)c2cc(CN)cc(-c3ccnc(C)c3)c2)cc(OC)c1. The van der Waals surface area contributed by atoms with Gasteiger partial charge in [0.15, 0.2) is 0 Å². The molecule has 0 saturated heterocycles. The molecule has 1 heterocycles. The summed E-state index contributed by atoms with van der Waals surface area (Å²) in [7, 11) is 3.15. The van der Waals surface area contributed by atoms with Crippen LogP contribution in [0.1, 0.15) is 27.2 Å². The molecule has 29 heavy (non-hydrogen) atoms. The molecule has 0 atom stereocenters. The number of nitrogens with two attached hydrogens (primary N) is 1. The van der Waals surface area contributed by atoms with Gasteiger partial charge in [0.25, 0.3) is 0 Å². The molecule has 6 nitrogen and oxygen atoms in total. The summed E-state index contributed by atoms with van der Waals surface area (Å²) in [5, 5.41) is 0. The third kappa shape index (κ3) is 5.12. The first-order valence-electron chi connectivity index (χ1n) is 9.18. The minimum absolute atomic E-state index is 0.100. The fourth-order valence-electron chi connectivity index (χ4n) is 3.00. The number of esters is 1. The fraction of sp³-hybridized carbons (Fsp3) is 0.217. The van der Waals surface area contributed by atoms with Crippen molar-refractivity contribution in [2.24, 2.45) is 5.73 Å².